The highest BCUT2D eigenvalue weighted by Gasteiger charge is 1.99. The largest absolute Gasteiger partial charge is 0.261 e. The molecule has 0 saturated carbocycles. The van der Waals surface area contributed by atoms with E-state index in [-0.39, 0.29) is 0 Å². The second kappa shape index (κ2) is 4.60. The van der Waals surface area contributed by atoms with Crippen molar-refractivity contribution in [2.75, 3.05) is 0 Å². The van der Waals surface area contributed by atoms with E-state index < -0.39 is 0 Å². The summed E-state index contributed by atoms with van der Waals surface area (Å²) in [5.41, 5.74) is 2.38. The van der Waals surface area contributed by atoms with Crippen molar-refractivity contribution in [1.29, 1.82) is 0 Å². The average Bonchev–Trinajstić information content (AvgIpc) is 2.54. The van der Waals surface area contributed by atoms with Crippen molar-refractivity contribution < 1.29 is 0 Å². The number of aromatic nitrogens is 2. The number of aromatic amines is 1. The van der Waals surface area contributed by atoms with Gasteiger partial charge in [-0.15, -0.1) is 0 Å². The van der Waals surface area contributed by atoms with Crippen molar-refractivity contribution in [1.82, 2.24) is 10.2 Å². The molecule has 1 heterocycles. The smallest absolute Gasteiger partial charge is 0.154 e. The molecule has 0 spiro atoms. The zero-order valence-electron chi connectivity index (χ0n) is 8.33. The number of hydrogen-bond donors (Lipinski definition) is 1. The van der Waals surface area contributed by atoms with Crippen molar-refractivity contribution in [3.63, 3.8) is 0 Å². The summed E-state index contributed by atoms with van der Waals surface area (Å²) in [7, 11) is 0. The van der Waals surface area contributed by atoms with Crippen molar-refractivity contribution >= 4 is 18.1 Å². The molecule has 1 aromatic heterocycles. The Morgan fingerprint density at radius 3 is 3.08 bits per heavy atom. The predicted molar refractivity (Wildman–Crippen MR) is 56.4 cm³/mol. The van der Waals surface area contributed by atoms with Crippen LogP contribution in [0.3, 0.4) is 0 Å². The molecule has 0 aliphatic rings. The van der Waals surface area contributed by atoms with E-state index in [0.29, 0.717) is 0 Å². The van der Waals surface area contributed by atoms with Gasteiger partial charge in [0.05, 0.1) is 6.20 Å². The highest BCUT2D eigenvalue weighted by atomic mass is 15.2. The molecule has 0 radical (unpaired) electrons. The molecule has 0 aliphatic carbocycles. The first-order valence-electron chi connectivity index (χ1n) is 4.47. The topological polar surface area (TPSA) is 41.0 Å². The zero-order valence-corrected chi connectivity index (χ0v) is 8.33. The van der Waals surface area contributed by atoms with Gasteiger partial charge in [-0.1, -0.05) is 18.6 Å². The average molecular weight is 177 g/mol. The minimum absolute atomic E-state index is 0.829. The van der Waals surface area contributed by atoms with Crippen LogP contribution in [0, 0.1) is 0 Å². The Bertz CT molecular complexity index is 321. The number of rotatable bonds is 3. The fourth-order valence-electron chi connectivity index (χ4n) is 0.994. The Balaban J connectivity index is 2.94. The lowest BCUT2D eigenvalue weighted by atomic mass is 10.1. The van der Waals surface area contributed by atoms with Gasteiger partial charge in [0.25, 0.3) is 0 Å². The van der Waals surface area contributed by atoms with E-state index in [9.17, 15) is 0 Å². The van der Waals surface area contributed by atoms with Crippen LogP contribution in [0.15, 0.2) is 16.8 Å². The highest BCUT2D eigenvalue weighted by molar-refractivity contribution is 5.67. The van der Waals surface area contributed by atoms with E-state index in [1.807, 2.05) is 6.92 Å². The van der Waals surface area contributed by atoms with Crippen LogP contribution >= 0.6 is 0 Å². The summed E-state index contributed by atoms with van der Waals surface area (Å²) >= 11 is 0. The molecular formula is C10H15N3. The first-order valence-corrected chi connectivity index (χ1v) is 4.47. The Morgan fingerprint density at radius 2 is 2.46 bits per heavy atom. The molecule has 70 valence electrons. The van der Waals surface area contributed by atoms with Gasteiger partial charge in [-0.25, -0.2) is 4.99 Å². The molecule has 0 bridgehead atoms. The molecule has 0 saturated heterocycles. The molecule has 1 aromatic rings. The van der Waals surface area contributed by atoms with Crippen LogP contribution in [0.25, 0.3) is 6.08 Å². The van der Waals surface area contributed by atoms with Gasteiger partial charge < -0.3 is 0 Å². The number of H-pyrrole nitrogens is 1. The third kappa shape index (κ3) is 2.54. The van der Waals surface area contributed by atoms with Gasteiger partial charge in [0.1, 0.15) is 0 Å². The van der Waals surface area contributed by atoms with Crippen molar-refractivity contribution in [2.24, 2.45) is 4.99 Å². The van der Waals surface area contributed by atoms with E-state index in [0.717, 1.165) is 17.8 Å². The number of aliphatic imine (C=N–C) groups is 1. The third-order valence-electron chi connectivity index (χ3n) is 1.87. The monoisotopic (exact) mass is 177 g/mol. The minimum atomic E-state index is 0.829. The molecule has 3 nitrogen and oxygen atoms in total. The van der Waals surface area contributed by atoms with Gasteiger partial charge in [0.2, 0.25) is 0 Å². The Morgan fingerprint density at radius 1 is 1.69 bits per heavy atom. The molecule has 3 heteroatoms. The Kier molecular flexibility index (Phi) is 3.43. The highest BCUT2D eigenvalue weighted by Crippen LogP contribution is 2.18. The first kappa shape index (κ1) is 9.71. The standard InChI is InChI=1S/C10H15N3/c1-4-8(3)6-9-7-12-13-10(9)11-5-2/h5-7H,4H2,1-3H3,(H,12,13)/b8-6?,11-5-. The lowest BCUT2D eigenvalue weighted by Crippen LogP contribution is -1.73. The third-order valence-corrected chi connectivity index (χ3v) is 1.87. The van der Waals surface area contributed by atoms with Gasteiger partial charge in [0, 0.05) is 11.8 Å². The van der Waals surface area contributed by atoms with Crippen LogP contribution in [0.4, 0.5) is 5.82 Å². The number of nitrogens with zero attached hydrogens (tertiary/aromatic N) is 2. The van der Waals surface area contributed by atoms with E-state index in [4.69, 9.17) is 0 Å². The maximum Gasteiger partial charge on any atom is 0.154 e. The van der Waals surface area contributed by atoms with Gasteiger partial charge >= 0.3 is 0 Å². The molecule has 0 aromatic carbocycles. The molecule has 0 aliphatic heterocycles. The fourth-order valence-corrected chi connectivity index (χ4v) is 0.994. The summed E-state index contributed by atoms with van der Waals surface area (Å²) in [6.07, 6.45) is 6.71. The Hall–Kier alpha value is -1.38. The summed E-state index contributed by atoms with van der Waals surface area (Å²) in [6.45, 7) is 6.13. The number of hydrogen-bond acceptors (Lipinski definition) is 2. The molecule has 1 rings (SSSR count). The zero-order chi connectivity index (χ0) is 9.68. The SMILES string of the molecule is C/C=N\c1[nH]ncc1C=C(C)CC. The second-order valence-corrected chi connectivity index (χ2v) is 2.91. The molecule has 0 fully saturated rings. The Labute approximate surface area is 78.6 Å². The van der Waals surface area contributed by atoms with Crippen molar-refractivity contribution in [3.8, 4) is 0 Å². The van der Waals surface area contributed by atoms with Crippen LogP contribution < -0.4 is 0 Å². The van der Waals surface area contributed by atoms with Crippen molar-refractivity contribution in [3.05, 3.63) is 17.3 Å². The van der Waals surface area contributed by atoms with Crippen LogP contribution in [-0.2, 0) is 0 Å². The lowest BCUT2D eigenvalue weighted by Gasteiger charge is -1.94. The number of nitrogens with one attached hydrogen (secondary N) is 1. The summed E-state index contributed by atoms with van der Waals surface area (Å²) in [5, 5.41) is 6.79. The maximum atomic E-state index is 4.17. The van der Waals surface area contributed by atoms with Gasteiger partial charge in [-0.2, -0.15) is 5.10 Å². The van der Waals surface area contributed by atoms with Crippen LogP contribution in [0.1, 0.15) is 32.8 Å². The molecule has 1 N–H and O–H groups in total. The van der Waals surface area contributed by atoms with Gasteiger partial charge in [0.15, 0.2) is 5.82 Å². The lowest BCUT2D eigenvalue weighted by molar-refractivity contribution is 1.08. The van der Waals surface area contributed by atoms with E-state index >= 15 is 0 Å². The molecule has 0 amide bonds. The van der Waals surface area contributed by atoms with Crippen LogP contribution in [-0.4, -0.2) is 16.4 Å². The summed E-state index contributed by atoms with van der Waals surface area (Å²) < 4.78 is 0. The second-order valence-electron chi connectivity index (χ2n) is 2.91. The molecule has 0 atom stereocenters. The number of allylic oxidation sites excluding steroid dienone is 1. The van der Waals surface area contributed by atoms with E-state index in [1.165, 1.54) is 5.57 Å². The predicted octanol–water partition coefficient (Wildman–Crippen LogP) is 2.95. The van der Waals surface area contributed by atoms with Crippen molar-refractivity contribution in [2.45, 2.75) is 27.2 Å². The summed E-state index contributed by atoms with van der Waals surface area (Å²) in [4.78, 5) is 4.17. The summed E-state index contributed by atoms with van der Waals surface area (Å²) in [5.74, 6) is 0.829. The molecule has 13 heavy (non-hydrogen) atoms. The minimum Gasteiger partial charge on any atom is -0.261 e. The fraction of sp³-hybridized carbons (Fsp3) is 0.400. The first-order chi connectivity index (χ1) is 6.27. The van der Waals surface area contributed by atoms with Gasteiger partial charge in [-0.3, -0.25) is 5.10 Å². The van der Waals surface area contributed by atoms with E-state index in [2.05, 4.69) is 35.1 Å². The maximum absolute atomic E-state index is 4.17. The molecular weight excluding hydrogens is 162 g/mol. The van der Waals surface area contributed by atoms with Crippen LogP contribution in [0.5, 0.6) is 0 Å². The quantitative estimate of drug-likeness (QED) is 0.708. The van der Waals surface area contributed by atoms with Crippen LogP contribution in [0.2, 0.25) is 0 Å². The van der Waals surface area contributed by atoms with E-state index in [1.54, 1.807) is 12.4 Å². The summed E-state index contributed by atoms with van der Waals surface area (Å²) in [6, 6.07) is 0. The van der Waals surface area contributed by atoms with Gasteiger partial charge in [-0.05, 0) is 20.3 Å². The molecule has 0 unspecified atom stereocenters. The normalized spacial score (nSPS) is 12.7.